The molecule has 0 aromatic carbocycles. The van der Waals surface area contributed by atoms with Crippen molar-refractivity contribution in [2.75, 3.05) is 94.1 Å². The maximum atomic E-state index is 5.34. The molecule has 0 saturated heterocycles. The van der Waals surface area contributed by atoms with Gasteiger partial charge in [0, 0.05) is 27.3 Å². The van der Waals surface area contributed by atoms with E-state index in [1.165, 1.54) is 0 Å². The average Bonchev–Trinajstić information content (AvgIpc) is 2.51. The summed E-state index contributed by atoms with van der Waals surface area (Å²) in [6.45, 7) is 12.9. The molecule has 0 aliphatic heterocycles. The molecule has 0 amide bonds. The average molecular weight is 322 g/mol. The first-order valence-corrected chi connectivity index (χ1v) is 8.12. The van der Waals surface area contributed by atoms with E-state index in [1.807, 2.05) is 14.1 Å². The summed E-state index contributed by atoms with van der Waals surface area (Å²) in [5.74, 6) is 0. The molecule has 0 fully saturated rings. The van der Waals surface area contributed by atoms with Crippen LogP contribution in [0.15, 0.2) is 0 Å². The van der Waals surface area contributed by atoms with Gasteiger partial charge in [0.1, 0.15) is 0 Å². The van der Waals surface area contributed by atoms with Crippen LogP contribution in [0.4, 0.5) is 0 Å². The fourth-order valence-electron chi connectivity index (χ4n) is 1.47. The Kier molecular flexibility index (Phi) is 22.7. The summed E-state index contributed by atoms with van der Waals surface area (Å²) in [7, 11) is 7.42. The Hall–Kier alpha value is -0.240. The molecule has 22 heavy (non-hydrogen) atoms. The number of likely N-dealkylation sites (N-methyl/N-ethyl adjacent to an activating group) is 2. The molecule has 6 heteroatoms. The molecule has 0 aromatic heterocycles. The van der Waals surface area contributed by atoms with E-state index in [1.54, 1.807) is 14.2 Å². The van der Waals surface area contributed by atoms with E-state index in [-0.39, 0.29) is 0 Å². The molecule has 0 aliphatic rings. The third kappa shape index (κ3) is 22.0. The predicted molar refractivity (Wildman–Crippen MR) is 91.7 cm³/mol. The highest BCUT2D eigenvalue weighted by Gasteiger charge is 1.97. The largest absolute Gasteiger partial charge is 0.382 e. The van der Waals surface area contributed by atoms with Crippen LogP contribution in [0, 0.1) is 0 Å². The quantitative estimate of drug-likeness (QED) is 0.448. The molecule has 0 heterocycles. The molecule has 6 nitrogen and oxygen atoms in total. The first-order chi connectivity index (χ1) is 10.6. The molecule has 0 aromatic rings. The van der Waals surface area contributed by atoms with Crippen LogP contribution in [-0.4, -0.2) is 104 Å². The van der Waals surface area contributed by atoms with Crippen molar-refractivity contribution >= 4 is 0 Å². The van der Waals surface area contributed by atoms with Gasteiger partial charge in [0.05, 0.1) is 39.6 Å². The molecule has 0 bridgehead atoms. The monoisotopic (exact) mass is 322 g/mol. The van der Waals surface area contributed by atoms with Crippen molar-refractivity contribution in [2.24, 2.45) is 0 Å². The molecular weight excluding hydrogens is 284 g/mol. The van der Waals surface area contributed by atoms with Gasteiger partial charge in [-0.05, 0) is 27.2 Å². The molecule has 136 valence electrons. The maximum absolute atomic E-state index is 5.34. The zero-order chi connectivity index (χ0) is 17.1. The van der Waals surface area contributed by atoms with Crippen molar-refractivity contribution in [3.05, 3.63) is 0 Å². The SMILES string of the molecule is CCN(CC)CCOCCOC.COCCOCCN(C)C. The summed E-state index contributed by atoms with van der Waals surface area (Å²) in [5, 5.41) is 0. The van der Waals surface area contributed by atoms with Gasteiger partial charge in [0.15, 0.2) is 0 Å². The lowest BCUT2D eigenvalue weighted by molar-refractivity contribution is 0.0586. The molecule has 0 rings (SSSR count). The van der Waals surface area contributed by atoms with E-state index in [0.717, 1.165) is 39.4 Å². The van der Waals surface area contributed by atoms with E-state index in [2.05, 4.69) is 23.6 Å². The molecule has 0 saturated carbocycles. The van der Waals surface area contributed by atoms with E-state index in [9.17, 15) is 0 Å². The summed E-state index contributed by atoms with van der Waals surface area (Å²) in [6, 6.07) is 0. The lowest BCUT2D eigenvalue weighted by Gasteiger charge is -2.17. The van der Waals surface area contributed by atoms with Gasteiger partial charge < -0.3 is 28.7 Å². The highest BCUT2D eigenvalue weighted by molar-refractivity contribution is 4.49. The third-order valence-corrected chi connectivity index (χ3v) is 2.99. The van der Waals surface area contributed by atoms with Gasteiger partial charge in [0.25, 0.3) is 0 Å². The Labute approximate surface area is 137 Å². The van der Waals surface area contributed by atoms with Gasteiger partial charge in [-0.2, -0.15) is 0 Å². The standard InChI is InChI=1S/C9H21NO2.C7H17NO2/c1-4-10(5-2)6-7-12-9-8-11-3;1-8(2)4-5-10-7-6-9-3/h4-9H2,1-3H3;4-7H2,1-3H3. The van der Waals surface area contributed by atoms with Crippen LogP contribution in [0.1, 0.15) is 13.8 Å². The fraction of sp³-hybridized carbons (Fsp3) is 1.00. The lowest BCUT2D eigenvalue weighted by Crippen LogP contribution is -2.27. The van der Waals surface area contributed by atoms with Gasteiger partial charge in [0.2, 0.25) is 0 Å². The van der Waals surface area contributed by atoms with Crippen LogP contribution in [0.5, 0.6) is 0 Å². The second-order valence-corrected chi connectivity index (χ2v) is 5.04. The Morgan fingerprint density at radius 3 is 1.45 bits per heavy atom. The molecule has 0 aliphatic carbocycles. The molecule has 0 atom stereocenters. The van der Waals surface area contributed by atoms with Crippen molar-refractivity contribution in [1.29, 1.82) is 0 Å². The first kappa shape index (κ1) is 24.0. The lowest BCUT2D eigenvalue weighted by atomic mass is 10.5. The van der Waals surface area contributed by atoms with Crippen LogP contribution in [-0.2, 0) is 18.9 Å². The van der Waals surface area contributed by atoms with Crippen molar-refractivity contribution in [3.63, 3.8) is 0 Å². The van der Waals surface area contributed by atoms with Crippen molar-refractivity contribution in [3.8, 4) is 0 Å². The Morgan fingerprint density at radius 2 is 1.09 bits per heavy atom. The Balaban J connectivity index is 0. The number of rotatable bonds is 14. The summed E-state index contributed by atoms with van der Waals surface area (Å²) >= 11 is 0. The summed E-state index contributed by atoms with van der Waals surface area (Å²) in [6.07, 6.45) is 0. The second kappa shape index (κ2) is 20.8. The highest BCUT2D eigenvalue weighted by atomic mass is 16.5. The van der Waals surface area contributed by atoms with Crippen LogP contribution in [0.25, 0.3) is 0 Å². The van der Waals surface area contributed by atoms with E-state index in [0.29, 0.717) is 26.4 Å². The summed E-state index contributed by atoms with van der Waals surface area (Å²) in [5.41, 5.74) is 0. The Bertz CT molecular complexity index is 191. The zero-order valence-electron chi connectivity index (χ0n) is 15.6. The fourth-order valence-corrected chi connectivity index (χ4v) is 1.47. The van der Waals surface area contributed by atoms with Crippen LogP contribution in [0.2, 0.25) is 0 Å². The summed E-state index contributed by atoms with van der Waals surface area (Å²) in [4.78, 5) is 4.43. The van der Waals surface area contributed by atoms with Crippen molar-refractivity contribution < 1.29 is 18.9 Å². The number of hydrogen-bond donors (Lipinski definition) is 0. The van der Waals surface area contributed by atoms with Crippen molar-refractivity contribution in [1.82, 2.24) is 9.80 Å². The van der Waals surface area contributed by atoms with E-state index < -0.39 is 0 Å². The van der Waals surface area contributed by atoms with Gasteiger partial charge in [-0.25, -0.2) is 0 Å². The molecule has 0 N–H and O–H groups in total. The van der Waals surface area contributed by atoms with Gasteiger partial charge in [-0.3, -0.25) is 0 Å². The summed E-state index contributed by atoms with van der Waals surface area (Å²) < 4.78 is 20.2. The maximum Gasteiger partial charge on any atom is 0.0700 e. The van der Waals surface area contributed by atoms with Crippen molar-refractivity contribution in [2.45, 2.75) is 13.8 Å². The van der Waals surface area contributed by atoms with Gasteiger partial charge in [-0.1, -0.05) is 13.8 Å². The van der Waals surface area contributed by atoms with Gasteiger partial charge >= 0.3 is 0 Å². The molecule has 0 unspecified atom stereocenters. The topological polar surface area (TPSA) is 43.4 Å². The van der Waals surface area contributed by atoms with Crippen LogP contribution < -0.4 is 0 Å². The first-order valence-electron chi connectivity index (χ1n) is 8.12. The number of nitrogens with zero attached hydrogens (tertiary/aromatic N) is 2. The Morgan fingerprint density at radius 1 is 0.636 bits per heavy atom. The number of methoxy groups -OCH3 is 2. The molecular formula is C16H38N2O4. The molecule has 0 spiro atoms. The minimum Gasteiger partial charge on any atom is -0.382 e. The second-order valence-electron chi connectivity index (χ2n) is 5.04. The van der Waals surface area contributed by atoms with E-state index >= 15 is 0 Å². The van der Waals surface area contributed by atoms with Crippen LogP contribution >= 0.6 is 0 Å². The number of hydrogen-bond acceptors (Lipinski definition) is 6. The zero-order valence-corrected chi connectivity index (χ0v) is 15.6. The number of ether oxygens (including phenoxy) is 4. The smallest absolute Gasteiger partial charge is 0.0700 e. The minimum absolute atomic E-state index is 0.688. The van der Waals surface area contributed by atoms with Gasteiger partial charge in [-0.15, -0.1) is 0 Å². The van der Waals surface area contributed by atoms with Crippen LogP contribution in [0.3, 0.4) is 0 Å². The normalized spacial score (nSPS) is 10.9. The third-order valence-electron chi connectivity index (χ3n) is 2.99. The van der Waals surface area contributed by atoms with E-state index in [4.69, 9.17) is 18.9 Å². The molecule has 0 radical (unpaired) electrons. The predicted octanol–water partition coefficient (Wildman–Crippen LogP) is 1.20. The highest BCUT2D eigenvalue weighted by Crippen LogP contribution is 1.86. The minimum atomic E-state index is 0.688.